The van der Waals surface area contributed by atoms with Crippen molar-refractivity contribution in [3.63, 3.8) is 0 Å². The number of hydrogen-bond acceptors (Lipinski definition) is 2. The maximum Gasteiger partial charge on any atom is 0.120 e. The molecule has 0 aliphatic heterocycles. The van der Waals surface area contributed by atoms with Gasteiger partial charge in [-0.3, -0.25) is 4.68 Å². The van der Waals surface area contributed by atoms with E-state index >= 15 is 0 Å². The third-order valence-electron chi connectivity index (χ3n) is 3.30. The van der Waals surface area contributed by atoms with E-state index in [9.17, 15) is 0 Å². The molecule has 4 heteroatoms. The summed E-state index contributed by atoms with van der Waals surface area (Å²) in [6, 6.07) is 5.90. The topological polar surface area (TPSA) is 27.1 Å². The molecule has 3 nitrogen and oxygen atoms in total. The molecule has 1 fully saturated rings. The molecule has 0 amide bonds. The van der Waals surface area contributed by atoms with Crippen molar-refractivity contribution >= 4 is 11.6 Å². The highest BCUT2D eigenvalue weighted by Crippen LogP contribution is 2.30. The van der Waals surface area contributed by atoms with Crippen LogP contribution in [0.1, 0.15) is 37.8 Å². The van der Waals surface area contributed by atoms with Crippen LogP contribution in [0.25, 0.3) is 0 Å². The van der Waals surface area contributed by atoms with Gasteiger partial charge in [0.25, 0.3) is 0 Å². The van der Waals surface area contributed by atoms with E-state index in [1.54, 1.807) is 0 Å². The summed E-state index contributed by atoms with van der Waals surface area (Å²) in [6.07, 6.45) is 6.45. The zero-order valence-electron chi connectivity index (χ0n) is 13.0. The molecule has 1 aromatic heterocycles. The van der Waals surface area contributed by atoms with E-state index in [2.05, 4.69) is 5.10 Å². The maximum absolute atomic E-state index is 6.30. The average Bonchev–Trinajstić information content (AvgIpc) is 3.24. The molecule has 0 N–H and O–H groups in total. The zero-order chi connectivity index (χ0) is 15.2. The maximum atomic E-state index is 6.30. The minimum Gasteiger partial charge on any atom is -0.493 e. The Morgan fingerprint density at radius 1 is 1.33 bits per heavy atom. The molecule has 0 radical (unpaired) electrons. The highest BCUT2D eigenvalue weighted by atomic mass is 35.5. The van der Waals surface area contributed by atoms with Gasteiger partial charge in [-0.2, -0.15) is 5.10 Å². The number of rotatable bonds is 5. The van der Waals surface area contributed by atoms with Gasteiger partial charge in [0.05, 0.1) is 19.3 Å². The Bertz CT molecular complexity index is 576. The molecule has 0 spiro atoms. The van der Waals surface area contributed by atoms with Gasteiger partial charge in [-0.1, -0.05) is 31.5 Å². The summed E-state index contributed by atoms with van der Waals surface area (Å²) in [7, 11) is 0. The van der Waals surface area contributed by atoms with Crippen molar-refractivity contribution in [2.45, 2.75) is 40.2 Å². The zero-order valence-corrected chi connectivity index (χ0v) is 13.7. The van der Waals surface area contributed by atoms with Crippen LogP contribution in [0.2, 0.25) is 5.02 Å². The second-order valence-electron chi connectivity index (χ2n) is 5.22. The summed E-state index contributed by atoms with van der Waals surface area (Å²) >= 11 is 6.30. The number of nitrogens with zero attached hydrogens (tertiary/aromatic N) is 2. The van der Waals surface area contributed by atoms with Gasteiger partial charge in [0.1, 0.15) is 5.75 Å². The predicted octanol–water partition coefficient (Wildman–Crippen LogP) is 4.71. The van der Waals surface area contributed by atoms with E-state index in [1.165, 1.54) is 12.8 Å². The lowest BCUT2D eigenvalue weighted by Crippen LogP contribution is -2.02. The number of ether oxygens (including phenoxy) is 1. The molecule has 0 atom stereocenters. The molecule has 0 bridgehead atoms. The van der Waals surface area contributed by atoms with Crippen LogP contribution in [0.15, 0.2) is 30.6 Å². The highest BCUT2D eigenvalue weighted by molar-refractivity contribution is 6.31. The Morgan fingerprint density at radius 2 is 2.10 bits per heavy atom. The first-order valence-corrected chi connectivity index (χ1v) is 7.99. The molecule has 1 aromatic carbocycles. The van der Waals surface area contributed by atoms with Crippen LogP contribution in [-0.4, -0.2) is 16.4 Å². The monoisotopic (exact) mass is 306 g/mol. The Morgan fingerprint density at radius 3 is 2.67 bits per heavy atom. The quantitative estimate of drug-likeness (QED) is 0.800. The third kappa shape index (κ3) is 4.78. The molecule has 0 saturated heterocycles. The largest absolute Gasteiger partial charge is 0.493 e. The smallest absolute Gasteiger partial charge is 0.120 e. The van der Waals surface area contributed by atoms with Gasteiger partial charge in [-0.05, 0) is 48.9 Å². The van der Waals surface area contributed by atoms with Crippen LogP contribution in [0.4, 0.5) is 0 Å². The molecule has 0 unspecified atom stereocenters. The second kappa shape index (κ2) is 7.51. The van der Waals surface area contributed by atoms with E-state index in [0.717, 1.165) is 34.4 Å². The Hall–Kier alpha value is -1.48. The van der Waals surface area contributed by atoms with Crippen molar-refractivity contribution in [2.75, 3.05) is 6.61 Å². The fourth-order valence-corrected chi connectivity index (χ4v) is 2.20. The summed E-state index contributed by atoms with van der Waals surface area (Å²) in [6.45, 7) is 7.53. The van der Waals surface area contributed by atoms with Gasteiger partial charge in [-0.15, -0.1) is 0 Å². The summed E-state index contributed by atoms with van der Waals surface area (Å²) in [5, 5.41) is 5.01. The van der Waals surface area contributed by atoms with E-state index < -0.39 is 0 Å². The number of aryl methyl sites for hydroxylation is 1. The third-order valence-corrected chi connectivity index (χ3v) is 3.65. The van der Waals surface area contributed by atoms with Gasteiger partial charge in [0.2, 0.25) is 0 Å². The van der Waals surface area contributed by atoms with Crippen LogP contribution in [0, 0.1) is 12.8 Å². The van der Waals surface area contributed by atoms with Crippen molar-refractivity contribution in [2.24, 2.45) is 5.92 Å². The molecular weight excluding hydrogens is 284 g/mol. The summed E-state index contributed by atoms with van der Waals surface area (Å²) in [5.41, 5.74) is 2.21. The minimum atomic E-state index is 0.690. The number of aromatic nitrogens is 2. The van der Waals surface area contributed by atoms with Crippen LogP contribution in [0.5, 0.6) is 5.75 Å². The fourth-order valence-electron chi connectivity index (χ4n) is 1.97. The number of benzene rings is 1. The lowest BCUT2D eigenvalue weighted by Gasteiger charge is -2.09. The Labute approximate surface area is 131 Å². The van der Waals surface area contributed by atoms with Gasteiger partial charge in [0.15, 0.2) is 0 Å². The van der Waals surface area contributed by atoms with E-state index in [-0.39, 0.29) is 0 Å². The Kier molecular flexibility index (Phi) is 5.68. The van der Waals surface area contributed by atoms with Crippen LogP contribution in [0.3, 0.4) is 0 Å². The van der Waals surface area contributed by atoms with Gasteiger partial charge < -0.3 is 4.74 Å². The predicted molar refractivity (Wildman–Crippen MR) is 87.1 cm³/mol. The Balaban J connectivity index is 0.000000774. The molecule has 1 saturated carbocycles. The van der Waals surface area contributed by atoms with Gasteiger partial charge in [0, 0.05) is 11.2 Å². The SMILES string of the molecule is CC.Cc1cnn(Cc2ccc(OCC3CC3)cc2Cl)c1. The van der Waals surface area contributed by atoms with Crippen LogP contribution < -0.4 is 4.74 Å². The fraction of sp³-hybridized carbons (Fsp3) is 0.471. The van der Waals surface area contributed by atoms with Crippen molar-refractivity contribution in [3.05, 3.63) is 46.7 Å². The van der Waals surface area contributed by atoms with Crippen molar-refractivity contribution in [1.82, 2.24) is 9.78 Å². The standard InChI is InChI=1S/C15H17ClN2O.C2H6/c1-11-7-17-18(8-11)9-13-4-5-14(6-15(13)16)19-10-12-2-3-12;1-2/h4-8,12H,2-3,9-10H2,1H3;1-2H3. The minimum absolute atomic E-state index is 0.690. The molecule has 1 aliphatic carbocycles. The van der Waals surface area contributed by atoms with Crippen molar-refractivity contribution in [1.29, 1.82) is 0 Å². The summed E-state index contributed by atoms with van der Waals surface area (Å²) < 4.78 is 7.60. The van der Waals surface area contributed by atoms with E-state index in [0.29, 0.717) is 6.54 Å². The van der Waals surface area contributed by atoms with Gasteiger partial charge in [-0.25, -0.2) is 0 Å². The average molecular weight is 307 g/mol. The first-order valence-electron chi connectivity index (χ1n) is 7.61. The molecule has 3 rings (SSSR count). The molecule has 2 aromatic rings. The lowest BCUT2D eigenvalue weighted by atomic mass is 10.2. The number of hydrogen-bond donors (Lipinski definition) is 0. The van der Waals surface area contributed by atoms with E-state index in [4.69, 9.17) is 16.3 Å². The van der Waals surface area contributed by atoms with Crippen LogP contribution >= 0.6 is 11.6 Å². The first kappa shape index (κ1) is 15.9. The van der Waals surface area contributed by atoms with Crippen molar-refractivity contribution < 1.29 is 4.74 Å². The van der Waals surface area contributed by atoms with Gasteiger partial charge >= 0.3 is 0 Å². The normalized spacial score (nSPS) is 13.5. The van der Waals surface area contributed by atoms with Crippen LogP contribution in [-0.2, 0) is 6.54 Å². The second-order valence-corrected chi connectivity index (χ2v) is 5.63. The summed E-state index contributed by atoms with van der Waals surface area (Å²) in [4.78, 5) is 0. The van der Waals surface area contributed by atoms with Crippen molar-refractivity contribution in [3.8, 4) is 5.75 Å². The molecule has 1 aliphatic rings. The molecule has 1 heterocycles. The lowest BCUT2D eigenvalue weighted by molar-refractivity contribution is 0.299. The highest BCUT2D eigenvalue weighted by Gasteiger charge is 2.21. The molecule has 21 heavy (non-hydrogen) atoms. The first-order chi connectivity index (χ1) is 10.2. The summed E-state index contributed by atoms with van der Waals surface area (Å²) in [5.74, 6) is 1.61. The number of halogens is 1. The molecule has 114 valence electrons. The van der Waals surface area contributed by atoms with E-state index in [1.807, 2.05) is 56.0 Å². The molecular formula is C17H23ClN2O.